The van der Waals surface area contributed by atoms with Gasteiger partial charge in [-0.3, -0.25) is 10.1 Å². The highest BCUT2D eigenvalue weighted by Gasteiger charge is 2.31. The predicted molar refractivity (Wildman–Crippen MR) is 369 cm³/mol. The normalized spacial score (nSPS) is 14.0. The Labute approximate surface area is 540 Å². The number of hydrogen-bond acceptors (Lipinski definition) is 8. The Kier molecular flexibility index (Phi) is 17.2. The van der Waals surface area contributed by atoms with E-state index in [1.165, 1.54) is 12.1 Å². The highest BCUT2D eigenvalue weighted by molar-refractivity contribution is 5.61. The quantitative estimate of drug-likeness (QED) is 0.0723. The maximum absolute atomic E-state index is 13.0. The molecular formula is C82H93NO8. The molecule has 10 rings (SSSR count). The van der Waals surface area contributed by atoms with E-state index in [2.05, 4.69) is 215 Å². The Morgan fingerprint density at radius 3 is 0.791 bits per heavy atom. The van der Waals surface area contributed by atoms with Gasteiger partial charge in [-0.1, -0.05) is 209 Å². The zero-order valence-electron chi connectivity index (χ0n) is 57.0. The van der Waals surface area contributed by atoms with E-state index in [9.17, 15) is 30.5 Å². The molecule has 474 valence electrons. The fourth-order valence-corrected chi connectivity index (χ4v) is 12.5. The molecule has 0 aromatic heterocycles. The van der Waals surface area contributed by atoms with Gasteiger partial charge in [-0.15, -0.1) is 0 Å². The number of ether oxygens (including phenoxy) is 2. The van der Waals surface area contributed by atoms with Gasteiger partial charge in [-0.05, 0) is 174 Å². The molecule has 0 saturated heterocycles. The van der Waals surface area contributed by atoms with Gasteiger partial charge < -0.3 is 29.9 Å². The van der Waals surface area contributed by atoms with E-state index in [-0.39, 0.29) is 93.7 Å². The van der Waals surface area contributed by atoms with Crippen molar-refractivity contribution in [2.45, 2.75) is 209 Å². The number of phenolic OH excluding ortho intramolecular Hbond substituents is 4. The number of rotatable bonds is 1. The van der Waals surface area contributed by atoms with Crippen LogP contribution in [0, 0.1) is 22.0 Å². The second-order valence-corrected chi connectivity index (χ2v) is 32.0. The van der Waals surface area contributed by atoms with Gasteiger partial charge in [0.2, 0.25) is 0 Å². The van der Waals surface area contributed by atoms with E-state index in [4.69, 9.17) is 9.47 Å². The summed E-state index contributed by atoms with van der Waals surface area (Å²) in [5.74, 6) is 8.52. The second kappa shape index (κ2) is 24.0. The molecule has 1 aliphatic heterocycles. The minimum atomic E-state index is -0.418. The first-order valence-corrected chi connectivity index (χ1v) is 32.2. The van der Waals surface area contributed by atoms with Crippen LogP contribution in [0.15, 0.2) is 115 Å². The van der Waals surface area contributed by atoms with Crippen LogP contribution in [-0.2, 0) is 84.2 Å². The first-order valence-electron chi connectivity index (χ1n) is 32.2. The third-order valence-electron chi connectivity index (χ3n) is 18.3. The van der Waals surface area contributed by atoms with E-state index in [0.29, 0.717) is 75.3 Å². The Bertz CT molecular complexity index is 4010. The summed E-state index contributed by atoms with van der Waals surface area (Å²) in [6.45, 7) is 39.8. The summed E-state index contributed by atoms with van der Waals surface area (Å²) in [7, 11) is 0. The molecule has 1 heterocycles. The second-order valence-electron chi connectivity index (χ2n) is 32.0. The van der Waals surface area contributed by atoms with Crippen molar-refractivity contribution in [2.24, 2.45) is 0 Å². The molecule has 16 bridgehead atoms. The number of nitro groups is 1. The van der Waals surface area contributed by atoms with Crippen LogP contribution in [0.2, 0.25) is 0 Å². The number of nitrogens with zero attached hydrogens (tertiary/aromatic N) is 1. The van der Waals surface area contributed by atoms with Crippen LogP contribution in [0.3, 0.4) is 0 Å². The zero-order valence-corrected chi connectivity index (χ0v) is 57.0. The minimum absolute atomic E-state index is 0.00871. The fourth-order valence-electron chi connectivity index (χ4n) is 12.5. The zero-order chi connectivity index (χ0) is 66.2. The van der Waals surface area contributed by atoms with Crippen molar-refractivity contribution in [1.29, 1.82) is 0 Å². The van der Waals surface area contributed by atoms with Crippen molar-refractivity contribution < 1.29 is 34.8 Å². The summed E-state index contributed by atoms with van der Waals surface area (Å²) in [6, 6.07) is 38.1. The summed E-state index contributed by atoms with van der Waals surface area (Å²) in [4.78, 5) is 11.1. The first-order chi connectivity index (χ1) is 42.3. The van der Waals surface area contributed by atoms with Gasteiger partial charge in [0, 0.05) is 61.8 Å². The van der Waals surface area contributed by atoms with Crippen LogP contribution in [-0.4, -0.2) is 25.3 Å². The standard InChI is InChI=1S/C82H93NO8/c1-77(2,3)64-34-52-28-53-35-65(78(4,5)6)37-55(72(53)85)30-57-39-67(80(10,11)12)41-59(74(57)87)32-61-43-69(82(16,17)18)45-63-33-62-44-68(81(13,14)15)42-60(31-58-40-66(79(7,8)9)38-56(73(58)86)29-54(36-64)71(52)84)75(62)90-46-50-25-49(26-51(27-50)47-91-76(61)63)20-19-48-21-23-70(24-22-48)83(88)89/h21-27,34-45,84-87H,28-33,46-47H2,1-18H3. The lowest BCUT2D eigenvalue weighted by atomic mass is 9.79. The third-order valence-corrected chi connectivity index (χ3v) is 18.3. The lowest BCUT2D eigenvalue weighted by Gasteiger charge is -2.28. The third kappa shape index (κ3) is 14.5. The molecule has 0 fully saturated rings. The topological polar surface area (TPSA) is 143 Å². The van der Waals surface area contributed by atoms with Gasteiger partial charge in [0.25, 0.3) is 5.69 Å². The Hall–Kier alpha value is -8.48. The van der Waals surface area contributed by atoms with E-state index < -0.39 is 4.92 Å². The summed E-state index contributed by atoms with van der Waals surface area (Å²) in [5, 5.41) is 63.1. The van der Waals surface area contributed by atoms with Gasteiger partial charge >= 0.3 is 0 Å². The van der Waals surface area contributed by atoms with E-state index in [1.807, 2.05) is 12.1 Å². The Balaban J connectivity index is 1.30. The average Bonchev–Trinajstić information content (AvgIpc) is 0.790. The van der Waals surface area contributed by atoms with Crippen LogP contribution in [0.25, 0.3) is 0 Å². The molecule has 4 N–H and O–H groups in total. The molecule has 91 heavy (non-hydrogen) atoms. The van der Waals surface area contributed by atoms with Crippen molar-refractivity contribution in [1.82, 2.24) is 0 Å². The molecule has 0 atom stereocenters. The van der Waals surface area contributed by atoms with Gasteiger partial charge in [0.1, 0.15) is 47.7 Å². The monoisotopic (exact) mass is 1220 g/mol. The number of phenols is 4. The summed E-state index contributed by atoms with van der Waals surface area (Å²) in [6.07, 6.45) is 1.74. The van der Waals surface area contributed by atoms with Crippen molar-refractivity contribution in [3.05, 3.63) is 248 Å². The average molecular weight is 1220 g/mol. The van der Waals surface area contributed by atoms with Crippen molar-refractivity contribution in [2.75, 3.05) is 0 Å². The Morgan fingerprint density at radius 2 is 0.549 bits per heavy atom. The molecule has 1 aliphatic carbocycles. The van der Waals surface area contributed by atoms with Gasteiger partial charge in [-0.25, -0.2) is 0 Å². The number of nitro benzene ring substituents is 1. The van der Waals surface area contributed by atoms with Crippen molar-refractivity contribution >= 4 is 5.69 Å². The highest BCUT2D eigenvalue weighted by atomic mass is 16.6. The number of hydrogen-bond donors (Lipinski definition) is 4. The molecule has 9 nitrogen and oxygen atoms in total. The molecule has 0 amide bonds. The molecule has 0 saturated carbocycles. The number of benzene rings is 8. The van der Waals surface area contributed by atoms with E-state index >= 15 is 0 Å². The summed E-state index contributed by atoms with van der Waals surface area (Å²) < 4.78 is 14.7. The fraction of sp³-hybridized carbons (Fsp3) is 0.390. The van der Waals surface area contributed by atoms with Gasteiger partial charge in [0.15, 0.2) is 0 Å². The largest absolute Gasteiger partial charge is 0.507 e. The summed E-state index contributed by atoms with van der Waals surface area (Å²) in [5.41, 5.74) is 16.6. The van der Waals surface area contributed by atoms with Crippen LogP contribution < -0.4 is 9.47 Å². The van der Waals surface area contributed by atoms with Crippen LogP contribution in [0.5, 0.6) is 34.5 Å². The molecule has 8 aromatic rings. The van der Waals surface area contributed by atoms with Crippen molar-refractivity contribution in [3.8, 4) is 46.3 Å². The minimum Gasteiger partial charge on any atom is -0.507 e. The molecule has 0 unspecified atom stereocenters. The molecule has 2 aliphatic rings. The molecule has 0 radical (unpaired) electrons. The Morgan fingerprint density at radius 1 is 0.330 bits per heavy atom. The number of non-ortho nitro benzene ring substituents is 1. The summed E-state index contributed by atoms with van der Waals surface area (Å²) >= 11 is 0. The van der Waals surface area contributed by atoms with Crippen molar-refractivity contribution in [3.63, 3.8) is 0 Å². The lowest BCUT2D eigenvalue weighted by molar-refractivity contribution is -0.384. The van der Waals surface area contributed by atoms with Crippen LogP contribution >= 0.6 is 0 Å². The smallest absolute Gasteiger partial charge is 0.269 e. The molecular weight excluding hydrogens is 1130 g/mol. The predicted octanol–water partition coefficient (Wildman–Crippen LogP) is 18.9. The SMILES string of the molecule is CC(C)(C)c1cc2c(O)c(c1)Cc1cc(C(C)(C)C)cc(c1O)Cc1cc(C(C)(C)C)cc3c1OCc1cc(C#Cc4ccc([N+](=O)[O-])cc4)cc(c1)COc1c(cc(C(C)(C)C)cc1C3)Cc1cc(C(C)(C)C)cc(c1O)Cc1cc(C(C)(C)C)cc(c1O)C2. The van der Waals surface area contributed by atoms with Gasteiger partial charge in [0.05, 0.1) is 4.92 Å². The maximum atomic E-state index is 13.0. The first kappa shape index (κ1) is 65.5. The molecule has 0 spiro atoms. The highest BCUT2D eigenvalue weighted by Crippen LogP contribution is 2.46. The molecule has 9 heteroatoms. The van der Waals surface area contributed by atoms with E-state index in [1.54, 1.807) is 12.1 Å². The van der Waals surface area contributed by atoms with E-state index in [0.717, 1.165) is 77.9 Å². The van der Waals surface area contributed by atoms with Crippen LogP contribution in [0.4, 0.5) is 5.69 Å². The molecule has 8 aromatic carbocycles. The lowest BCUT2D eigenvalue weighted by Crippen LogP contribution is -2.17. The number of aromatic hydroxyl groups is 4. The van der Waals surface area contributed by atoms with Crippen LogP contribution in [0.1, 0.15) is 247 Å². The van der Waals surface area contributed by atoms with Gasteiger partial charge in [-0.2, -0.15) is 0 Å². The maximum Gasteiger partial charge on any atom is 0.269 e. The number of fused-ring (bicyclic) bond motifs is 10.